The fourth-order valence-corrected chi connectivity index (χ4v) is 3.16. The molecule has 0 radical (unpaired) electrons. The minimum atomic E-state index is 0.312. The topological polar surface area (TPSA) is 61.8 Å². The van der Waals surface area contributed by atoms with Gasteiger partial charge in [-0.3, -0.25) is 4.98 Å². The van der Waals surface area contributed by atoms with Crippen LogP contribution in [-0.2, 0) is 12.2 Å². The normalized spacial score (nSPS) is 11.1. The van der Waals surface area contributed by atoms with Crippen LogP contribution in [0.15, 0.2) is 35.5 Å². The third-order valence-electron chi connectivity index (χ3n) is 3.34. The van der Waals surface area contributed by atoms with Crippen LogP contribution in [0.4, 0.5) is 0 Å². The third-order valence-corrected chi connectivity index (χ3v) is 4.26. The molecule has 108 valence electrons. The molecule has 0 bridgehead atoms. The number of hydrogen-bond donors (Lipinski definition) is 2. The number of aromatic amines is 1. The number of nitrogens with one attached hydrogen (secondary N) is 1. The number of hydrogen-bond acceptors (Lipinski definition) is 4. The van der Waals surface area contributed by atoms with E-state index in [-0.39, 0.29) is 0 Å². The quantitative estimate of drug-likeness (QED) is 0.719. The van der Waals surface area contributed by atoms with Gasteiger partial charge in [0.1, 0.15) is 5.75 Å². The zero-order valence-electron chi connectivity index (χ0n) is 12.1. The van der Waals surface area contributed by atoms with Gasteiger partial charge < -0.3 is 10.1 Å². The second-order valence-corrected chi connectivity index (χ2v) is 5.88. The lowest BCUT2D eigenvalue weighted by molar-refractivity contribution is 0.459. The number of rotatable bonds is 4. The molecule has 4 nitrogen and oxygen atoms in total. The summed E-state index contributed by atoms with van der Waals surface area (Å²) < 4.78 is 0. The molecule has 5 heteroatoms. The lowest BCUT2D eigenvalue weighted by Gasteiger charge is -2.08. The Hall–Kier alpha value is -2.01. The number of para-hydroxylation sites is 2. The van der Waals surface area contributed by atoms with E-state index in [0.29, 0.717) is 11.5 Å². The van der Waals surface area contributed by atoms with Crippen LogP contribution in [0.2, 0.25) is 0 Å². The number of benzene rings is 1. The van der Waals surface area contributed by atoms with Gasteiger partial charge in [0.25, 0.3) is 0 Å². The number of pyridine rings is 1. The number of H-pyrrole nitrogens is 1. The first-order valence-corrected chi connectivity index (χ1v) is 7.92. The summed E-state index contributed by atoms with van der Waals surface area (Å²) in [7, 11) is 0. The van der Waals surface area contributed by atoms with Crippen LogP contribution in [0.3, 0.4) is 0 Å². The van der Waals surface area contributed by atoms with E-state index in [1.54, 1.807) is 11.8 Å². The number of fused-ring (bicyclic) bond motifs is 1. The van der Waals surface area contributed by atoms with Crippen LogP contribution in [0, 0.1) is 6.92 Å². The molecule has 1 aromatic carbocycles. The van der Waals surface area contributed by atoms with Crippen LogP contribution in [-0.4, -0.2) is 20.1 Å². The molecule has 0 saturated heterocycles. The summed E-state index contributed by atoms with van der Waals surface area (Å²) >= 11 is 1.59. The summed E-state index contributed by atoms with van der Waals surface area (Å²) in [6.07, 6.45) is 0.732. The highest BCUT2D eigenvalue weighted by atomic mass is 32.2. The lowest BCUT2D eigenvalue weighted by Crippen LogP contribution is -1.95. The Bertz CT molecular complexity index is 749. The highest BCUT2D eigenvalue weighted by molar-refractivity contribution is 7.98. The van der Waals surface area contributed by atoms with Crippen molar-refractivity contribution in [2.45, 2.75) is 31.2 Å². The Morgan fingerprint density at radius 3 is 2.81 bits per heavy atom. The van der Waals surface area contributed by atoms with Crippen molar-refractivity contribution >= 4 is 22.8 Å². The molecular formula is C16H17N3OS. The van der Waals surface area contributed by atoms with E-state index >= 15 is 0 Å². The molecule has 0 atom stereocenters. The highest BCUT2D eigenvalue weighted by Gasteiger charge is 2.10. The molecule has 2 N–H and O–H groups in total. The summed E-state index contributed by atoms with van der Waals surface area (Å²) in [6.45, 7) is 3.95. The molecule has 3 aromatic rings. The summed E-state index contributed by atoms with van der Waals surface area (Å²) in [5, 5.41) is 11.1. The van der Waals surface area contributed by atoms with Gasteiger partial charge in [-0.05, 0) is 31.5 Å². The first-order chi connectivity index (χ1) is 10.2. The second kappa shape index (κ2) is 5.77. The monoisotopic (exact) mass is 299 g/mol. The van der Waals surface area contributed by atoms with Crippen molar-refractivity contribution in [3.63, 3.8) is 0 Å². The third kappa shape index (κ3) is 2.88. The number of aryl methyl sites for hydroxylation is 2. The van der Waals surface area contributed by atoms with Crippen LogP contribution in [0.1, 0.15) is 23.9 Å². The number of aromatic nitrogens is 3. The molecule has 2 heterocycles. The Morgan fingerprint density at radius 1 is 1.24 bits per heavy atom. The molecule has 2 aromatic heterocycles. The van der Waals surface area contributed by atoms with E-state index < -0.39 is 0 Å². The molecule has 0 amide bonds. The maximum Gasteiger partial charge on any atom is 0.166 e. The molecule has 21 heavy (non-hydrogen) atoms. The average molecular weight is 299 g/mol. The van der Waals surface area contributed by atoms with Crippen molar-refractivity contribution in [3.05, 3.63) is 47.3 Å². The molecule has 0 saturated carbocycles. The van der Waals surface area contributed by atoms with Gasteiger partial charge in [0, 0.05) is 17.0 Å². The summed E-state index contributed by atoms with van der Waals surface area (Å²) in [5.41, 5.74) is 4.60. The average Bonchev–Trinajstić information content (AvgIpc) is 2.90. The second-order valence-electron chi connectivity index (χ2n) is 4.92. The predicted molar refractivity (Wildman–Crippen MR) is 85.7 cm³/mol. The molecule has 3 rings (SSSR count). The molecule has 0 fully saturated rings. The number of nitrogens with zero attached hydrogens (tertiary/aromatic N) is 2. The van der Waals surface area contributed by atoms with Crippen molar-refractivity contribution in [1.82, 2.24) is 15.0 Å². The van der Waals surface area contributed by atoms with Crippen molar-refractivity contribution in [2.24, 2.45) is 0 Å². The van der Waals surface area contributed by atoms with Crippen LogP contribution >= 0.6 is 11.8 Å². The maximum absolute atomic E-state index is 10.2. The summed E-state index contributed by atoms with van der Waals surface area (Å²) in [4.78, 5) is 12.2. The Morgan fingerprint density at radius 2 is 2.05 bits per heavy atom. The van der Waals surface area contributed by atoms with Gasteiger partial charge in [0.2, 0.25) is 0 Å². The van der Waals surface area contributed by atoms with Gasteiger partial charge >= 0.3 is 0 Å². The van der Waals surface area contributed by atoms with Crippen LogP contribution in [0.5, 0.6) is 5.75 Å². The molecule has 0 aliphatic rings. The van der Waals surface area contributed by atoms with Gasteiger partial charge in [-0.25, -0.2) is 4.98 Å². The van der Waals surface area contributed by atoms with E-state index in [4.69, 9.17) is 0 Å². The van der Waals surface area contributed by atoms with E-state index in [1.807, 2.05) is 44.2 Å². The minimum Gasteiger partial charge on any atom is -0.506 e. The van der Waals surface area contributed by atoms with Crippen molar-refractivity contribution < 1.29 is 5.11 Å². The number of imidazole rings is 1. The van der Waals surface area contributed by atoms with Gasteiger partial charge in [-0.1, -0.05) is 30.8 Å². The first-order valence-electron chi connectivity index (χ1n) is 6.93. The first kappa shape index (κ1) is 13.9. The zero-order chi connectivity index (χ0) is 14.8. The van der Waals surface area contributed by atoms with Crippen molar-refractivity contribution in [3.8, 4) is 5.75 Å². The largest absolute Gasteiger partial charge is 0.506 e. The van der Waals surface area contributed by atoms with Crippen molar-refractivity contribution in [1.29, 1.82) is 0 Å². The maximum atomic E-state index is 10.2. The van der Waals surface area contributed by atoms with Gasteiger partial charge in [0.15, 0.2) is 5.16 Å². The molecule has 0 aliphatic carbocycles. The smallest absolute Gasteiger partial charge is 0.166 e. The number of aromatic hydroxyl groups is 1. The van der Waals surface area contributed by atoms with E-state index in [0.717, 1.165) is 39.6 Å². The standard InChI is InChI=1S/C16H17N3OS/c1-3-12-15(20)11(8-10(2)17-12)9-21-16-18-13-6-4-5-7-14(13)19-16/h4-8,20H,3,9H2,1-2H3,(H,18,19). The fourth-order valence-electron chi connectivity index (χ4n) is 2.30. The molecule has 0 spiro atoms. The van der Waals surface area contributed by atoms with E-state index in [2.05, 4.69) is 15.0 Å². The Labute approximate surface area is 127 Å². The highest BCUT2D eigenvalue weighted by Crippen LogP contribution is 2.29. The van der Waals surface area contributed by atoms with Gasteiger partial charge in [-0.15, -0.1) is 0 Å². The van der Waals surface area contributed by atoms with Crippen molar-refractivity contribution in [2.75, 3.05) is 0 Å². The summed E-state index contributed by atoms with van der Waals surface area (Å²) in [6, 6.07) is 9.89. The zero-order valence-corrected chi connectivity index (χ0v) is 12.9. The SMILES string of the molecule is CCc1nc(C)cc(CSc2nc3ccccc3[nH]2)c1O. The number of thioether (sulfide) groups is 1. The Kier molecular flexibility index (Phi) is 3.84. The summed E-state index contributed by atoms with van der Waals surface area (Å²) in [5.74, 6) is 0.980. The van der Waals surface area contributed by atoms with Crippen LogP contribution < -0.4 is 0 Å². The molecule has 0 aliphatic heterocycles. The van der Waals surface area contributed by atoms with E-state index in [9.17, 15) is 5.11 Å². The lowest BCUT2D eigenvalue weighted by atomic mass is 10.1. The molecular weight excluding hydrogens is 282 g/mol. The Balaban J connectivity index is 1.82. The van der Waals surface area contributed by atoms with E-state index in [1.165, 1.54) is 0 Å². The predicted octanol–water partition coefficient (Wildman–Crippen LogP) is 3.83. The van der Waals surface area contributed by atoms with Gasteiger partial charge in [0.05, 0.1) is 16.7 Å². The minimum absolute atomic E-state index is 0.312. The van der Waals surface area contributed by atoms with Crippen LogP contribution in [0.25, 0.3) is 11.0 Å². The van der Waals surface area contributed by atoms with Gasteiger partial charge in [-0.2, -0.15) is 0 Å². The fraction of sp³-hybridized carbons (Fsp3) is 0.250. The molecule has 0 unspecified atom stereocenters.